The minimum Gasteiger partial charge on any atom is -0.462 e. The van der Waals surface area contributed by atoms with E-state index in [0.717, 1.165) is 109 Å². The van der Waals surface area contributed by atoms with E-state index in [1.54, 1.807) is 12.1 Å². The van der Waals surface area contributed by atoms with E-state index in [4.69, 9.17) is 4.74 Å². The van der Waals surface area contributed by atoms with Crippen molar-refractivity contribution in [1.29, 1.82) is 0 Å². The second-order valence-electron chi connectivity index (χ2n) is 14.6. The fraction of sp³-hybridized carbons (Fsp3) is 0.767. The van der Waals surface area contributed by atoms with E-state index in [0.29, 0.717) is 37.1 Å². The Hall–Kier alpha value is -2.54. The number of fused-ring (bicyclic) bond motifs is 1. The third kappa shape index (κ3) is 19.2. The molecule has 1 heterocycles. The van der Waals surface area contributed by atoms with E-state index in [2.05, 4.69) is 18.7 Å². The summed E-state index contributed by atoms with van der Waals surface area (Å²) >= 11 is 0. The van der Waals surface area contributed by atoms with Gasteiger partial charge in [-0.15, -0.1) is 0 Å². The molecule has 0 spiro atoms. The van der Waals surface area contributed by atoms with Gasteiger partial charge in [-0.05, 0) is 76.6 Å². The Morgan fingerprint density at radius 1 is 0.640 bits per heavy atom. The van der Waals surface area contributed by atoms with Crippen molar-refractivity contribution in [3.05, 3.63) is 35.4 Å². The van der Waals surface area contributed by atoms with Gasteiger partial charge in [0, 0.05) is 25.9 Å². The molecule has 7 nitrogen and oxygen atoms in total. The molecule has 0 atom stereocenters. The molecule has 0 fully saturated rings. The highest BCUT2D eigenvalue weighted by molar-refractivity contribution is 6.21. The summed E-state index contributed by atoms with van der Waals surface area (Å²) in [7, 11) is 0. The van der Waals surface area contributed by atoms with Crippen LogP contribution in [0.5, 0.6) is 0 Å². The van der Waals surface area contributed by atoms with Crippen LogP contribution in [-0.2, 0) is 14.3 Å². The lowest BCUT2D eigenvalue weighted by Gasteiger charge is -2.25. The van der Waals surface area contributed by atoms with Crippen molar-refractivity contribution in [3.8, 4) is 0 Å². The van der Waals surface area contributed by atoms with Crippen LogP contribution in [-0.4, -0.2) is 66.2 Å². The molecule has 0 N–H and O–H groups in total. The van der Waals surface area contributed by atoms with E-state index < -0.39 is 0 Å². The number of ether oxygens (including phenoxy) is 1. The van der Waals surface area contributed by atoms with Gasteiger partial charge in [0.15, 0.2) is 0 Å². The number of imide groups is 1. The molecule has 0 bridgehead atoms. The van der Waals surface area contributed by atoms with E-state index in [9.17, 15) is 19.2 Å². The molecule has 1 aliphatic heterocycles. The number of hydrogen-bond acceptors (Lipinski definition) is 6. The van der Waals surface area contributed by atoms with Crippen LogP contribution >= 0.6 is 0 Å². The Bertz CT molecular complexity index is 1010. The Morgan fingerprint density at radius 3 is 1.62 bits per heavy atom. The van der Waals surface area contributed by atoms with Crippen LogP contribution in [0.15, 0.2) is 24.3 Å². The van der Waals surface area contributed by atoms with Crippen LogP contribution in [0.2, 0.25) is 0 Å². The fourth-order valence-corrected chi connectivity index (χ4v) is 7.06. The molecule has 0 unspecified atom stereocenters. The number of rotatable bonds is 34. The van der Waals surface area contributed by atoms with Crippen molar-refractivity contribution in [1.82, 2.24) is 9.80 Å². The summed E-state index contributed by atoms with van der Waals surface area (Å²) in [6.45, 7) is 7.48. The quantitative estimate of drug-likeness (QED) is 0.0309. The van der Waals surface area contributed by atoms with Crippen LogP contribution < -0.4 is 0 Å². The summed E-state index contributed by atoms with van der Waals surface area (Å²) in [5.41, 5.74) is 1.02. The van der Waals surface area contributed by atoms with Crippen molar-refractivity contribution < 1.29 is 23.9 Å². The molecule has 1 aromatic rings. The second-order valence-corrected chi connectivity index (χ2v) is 14.6. The first-order valence-corrected chi connectivity index (χ1v) is 20.8. The molecule has 0 aliphatic carbocycles. The van der Waals surface area contributed by atoms with E-state index in [-0.39, 0.29) is 23.9 Å². The minimum atomic E-state index is -0.185. The number of hydrogen-bond donors (Lipinski definition) is 0. The Balaban J connectivity index is 1.70. The van der Waals surface area contributed by atoms with Crippen molar-refractivity contribution in [2.45, 2.75) is 187 Å². The van der Waals surface area contributed by atoms with Crippen LogP contribution in [0.1, 0.15) is 202 Å². The number of unbranched alkanes of at least 4 members (excludes halogenated alkanes) is 19. The van der Waals surface area contributed by atoms with Gasteiger partial charge in [-0.1, -0.05) is 129 Å². The van der Waals surface area contributed by atoms with Crippen LogP contribution in [0.25, 0.3) is 0 Å². The SMILES string of the molecule is CCCCCCCCC(CCCCCCCC)OC(=O)CCCCCCCN(CCCCCCCC=O)CCN1C(=O)c2ccccc2C1=O. The Morgan fingerprint density at radius 2 is 1.10 bits per heavy atom. The predicted molar refractivity (Wildman–Crippen MR) is 206 cm³/mol. The second kappa shape index (κ2) is 29.1. The zero-order valence-corrected chi connectivity index (χ0v) is 32.1. The molecule has 0 saturated carbocycles. The first-order chi connectivity index (χ1) is 24.5. The number of carbonyl (C=O) groups is 4. The number of carbonyl (C=O) groups excluding carboxylic acids is 4. The van der Waals surface area contributed by atoms with Gasteiger partial charge in [0.05, 0.1) is 11.1 Å². The van der Waals surface area contributed by atoms with Crippen LogP contribution in [0, 0.1) is 0 Å². The predicted octanol–water partition coefficient (Wildman–Crippen LogP) is 10.9. The third-order valence-electron chi connectivity index (χ3n) is 10.2. The van der Waals surface area contributed by atoms with Crippen molar-refractivity contribution >= 4 is 24.1 Å². The van der Waals surface area contributed by atoms with E-state index in [1.165, 1.54) is 69.1 Å². The average molecular weight is 697 g/mol. The monoisotopic (exact) mass is 697 g/mol. The molecule has 1 aliphatic rings. The number of amides is 2. The summed E-state index contributed by atoms with van der Waals surface area (Å²) in [6.07, 6.45) is 30.0. The van der Waals surface area contributed by atoms with Gasteiger partial charge in [0.1, 0.15) is 12.4 Å². The molecule has 2 rings (SSSR count). The van der Waals surface area contributed by atoms with Crippen molar-refractivity contribution in [3.63, 3.8) is 0 Å². The highest BCUT2D eigenvalue weighted by Gasteiger charge is 2.34. The third-order valence-corrected chi connectivity index (χ3v) is 10.2. The van der Waals surface area contributed by atoms with Gasteiger partial charge >= 0.3 is 5.97 Å². The first kappa shape index (κ1) is 43.6. The molecule has 0 aromatic heterocycles. The maximum Gasteiger partial charge on any atom is 0.306 e. The lowest BCUT2D eigenvalue weighted by molar-refractivity contribution is -0.150. The Kier molecular flexibility index (Phi) is 25.4. The Labute approximate surface area is 305 Å². The number of benzene rings is 1. The molecule has 0 radical (unpaired) electrons. The summed E-state index contributed by atoms with van der Waals surface area (Å²) in [4.78, 5) is 52.9. The molecule has 284 valence electrons. The number of esters is 1. The van der Waals surface area contributed by atoms with Gasteiger partial charge in [-0.3, -0.25) is 19.3 Å². The molecule has 1 aromatic carbocycles. The largest absolute Gasteiger partial charge is 0.462 e. The molecule has 50 heavy (non-hydrogen) atoms. The highest BCUT2D eigenvalue weighted by Crippen LogP contribution is 2.23. The standard InChI is InChI=1S/C43H72N2O5/c1-3-5-7-9-14-20-28-38(29-21-15-10-8-6-4-2)50-41(47)32-22-16-13-18-26-34-44(33-25-17-11-12-19-27-37-46)35-36-45-42(48)39-30-23-24-31-40(39)43(45)49/h23-24,30-31,37-38H,3-22,25-29,32-36H2,1-2H3. The van der Waals surface area contributed by atoms with Crippen LogP contribution in [0.3, 0.4) is 0 Å². The summed E-state index contributed by atoms with van der Waals surface area (Å²) in [6, 6.07) is 7.10. The highest BCUT2D eigenvalue weighted by atomic mass is 16.5. The fourth-order valence-electron chi connectivity index (χ4n) is 7.06. The van der Waals surface area contributed by atoms with Crippen molar-refractivity contribution in [2.24, 2.45) is 0 Å². The minimum absolute atomic E-state index is 0.0162. The maximum atomic E-state index is 12.9. The zero-order chi connectivity index (χ0) is 36.1. The zero-order valence-electron chi connectivity index (χ0n) is 32.1. The smallest absolute Gasteiger partial charge is 0.306 e. The molecular formula is C43H72N2O5. The molecular weight excluding hydrogens is 624 g/mol. The maximum absolute atomic E-state index is 12.9. The van der Waals surface area contributed by atoms with E-state index >= 15 is 0 Å². The summed E-state index contributed by atoms with van der Waals surface area (Å²) in [5, 5.41) is 0. The summed E-state index contributed by atoms with van der Waals surface area (Å²) in [5.74, 6) is -0.386. The topological polar surface area (TPSA) is 84.0 Å². The van der Waals surface area contributed by atoms with Gasteiger partial charge in [0.25, 0.3) is 11.8 Å². The van der Waals surface area contributed by atoms with Gasteiger partial charge in [-0.25, -0.2) is 0 Å². The number of aldehydes is 1. The lowest BCUT2D eigenvalue weighted by Crippen LogP contribution is -2.39. The summed E-state index contributed by atoms with van der Waals surface area (Å²) < 4.78 is 6.03. The lowest BCUT2D eigenvalue weighted by atomic mass is 10.0. The van der Waals surface area contributed by atoms with Gasteiger partial charge in [-0.2, -0.15) is 0 Å². The van der Waals surface area contributed by atoms with Crippen LogP contribution in [0.4, 0.5) is 0 Å². The molecule has 2 amide bonds. The average Bonchev–Trinajstić information content (AvgIpc) is 3.36. The number of nitrogens with zero attached hydrogens (tertiary/aromatic N) is 2. The van der Waals surface area contributed by atoms with E-state index in [1.807, 2.05) is 12.1 Å². The van der Waals surface area contributed by atoms with Gasteiger partial charge < -0.3 is 14.4 Å². The van der Waals surface area contributed by atoms with Gasteiger partial charge in [0.2, 0.25) is 0 Å². The van der Waals surface area contributed by atoms with Crippen molar-refractivity contribution in [2.75, 3.05) is 26.2 Å². The molecule has 7 heteroatoms. The normalized spacial score (nSPS) is 12.8. The first-order valence-electron chi connectivity index (χ1n) is 20.8. The molecule has 0 saturated heterocycles.